The van der Waals surface area contributed by atoms with Crippen LogP contribution in [-0.2, 0) is 20.0 Å². The molecule has 1 aliphatic heterocycles. The van der Waals surface area contributed by atoms with Gasteiger partial charge in [-0.05, 0) is 35.2 Å². The smallest absolute Gasteiger partial charge is 0.254 e. The van der Waals surface area contributed by atoms with Gasteiger partial charge in [0.25, 0.3) is 5.91 Å². The minimum absolute atomic E-state index is 0.00992. The van der Waals surface area contributed by atoms with E-state index in [1.54, 1.807) is 23.3 Å². The summed E-state index contributed by atoms with van der Waals surface area (Å²) >= 11 is 6.32. The number of amides is 1. The zero-order chi connectivity index (χ0) is 22.9. The highest BCUT2D eigenvalue weighted by atomic mass is 35.5. The number of nitrogens with two attached hydrogens (primary N) is 1. The van der Waals surface area contributed by atoms with Crippen LogP contribution in [0.25, 0.3) is 22.4 Å². The molecule has 166 valence electrons. The Bertz CT molecular complexity index is 1300. The van der Waals surface area contributed by atoms with Crippen molar-refractivity contribution in [1.82, 2.24) is 24.6 Å². The van der Waals surface area contributed by atoms with Gasteiger partial charge in [0.15, 0.2) is 0 Å². The Labute approximate surface area is 196 Å². The minimum Gasteiger partial charge on any atom is -0.330 e. The van der Waals surface area contributed by atoms with Crippen molar-refractivity contribution < 1.29 is 4.79 Å². The molecular formula is C25H23ClN6O. The summed E-state index contributed by atoms with van der Waals surface area (Å²) in [6.07, 6.45) is 7.39. The molecule has 0 radical (unpaired) electrons. The van der Waals surface area contributed by atoms with Gasteiger partial charge in [-0.25, -0.2) is 9.97 Å². The lowest BCUT2D eigenvalue weighted by Crippen LogP contribution is -2.42. The van der Waals surface area contributed by atoms with Crippen molar-refractivity contribution in [1.29, 1.82) is 0 Å². The fourth-order valence-corrected chi connectivity index (χ4v) is 4.71. The van der Waals surface area contributed by atoms with Crippen LogP contribution < -0.4 is 5.73 Å². The molecule has 0 fully saturated rings. The van der Waals surface area contributed by atoms with Crippen LogP contribution in [0.2, 0.25) is 5.02 Å². The SMILES string of the molecule is Cn1ncc(Cl)c1-c1ccc2c(c1)CN([C@H](CN)Cc1cccc(-c3cncnc3)c1)C2=O. The van der Waals surface area contributed by atoms with Gasteiger partial charge in [-0.3, -0.25) is 9.48 Å². The number of carbonyl (C=O) groups is 1. The molecule has 33 heavy (non-hydrogen) atoms. The van der Waals surface area contributed by atoms with Gasteiger partial charge >= 0.3 is 0 Å². The van der Waals surface area contributed by atoms with Gasteiger partial charge < -0.3 is 10.6 Å². The zero-order valence-electron chi connectivity index (χ0n) is 18.1. The third kappa shape index (κ3) is 4.01. The van der Waals surface area contributed by atoms with Gasteiger partial charge in [-0.1, -0.05) is 41.9 Å². The molecule has 2 aromatic carbocycles. The van der Waals surface area contributed by atoms with E-state index in [1.807, 2.05) is 42.3 Å². The molecule has 1 aliphatic rings. The predicted octanol–water partition coefficient (Wildman–Crippen LogP) is 3.72. The summed E-state index contributed by atoms with van der Waals surface area (Å²) < 4.78 is 1.74. The maximum atomic E-state index is 13.2. The molecule has 4 aromatic rings. The van der Waals surface area contributed by atoms with E-state index in [2.05, 4.69) is 27.2 Å². The van der Waals surface area contributed by atoms with Crippen LogP contribution in [0, 0.1) is 0 Å². The lowest BCUT2D eigenvalue weighted by atomic mass is 10.00. The first-order chi connectivity index (χ1) is 16.0. The van der Waals surface area contributed by atoms with Crippen molar-refractivity contribution in [2.45, 2.75) is 19.0 Å². The van der Waals surface area contributed by atoms with Crippen LogP contribution in [0.1, 0.15) is 21.5 Å². The van der Waals surface area contributed by atoms with Crippen molar-refractivity contribution in [2.24, 2.45) is 12.8 Å². The molecule has 5 rings (SSSR count). The molecule has 0 bridgehead atoms. The average Bonchev–Trinajstić information content (AvgIpc) is 3.36. The van der Waals surface area contributed by atoms with Crippen molar-refractivity contribution in [3.63, 3.8) is 0 Å². The van der Waals surface area contributed by atoms with Crippen molar-refractivity contribution in [3.05, 3.63) is 89.1 Å². The first-order valence-corrected chi connectivity index (χ1v) is 11.1. The Balaban J connectivity index is 1.39. The second kappa shape index (κ2) is 8.77. The Morgan fingerprint density at radius 3 is 2.61 bits per heavy atom. The number of hydrogen-bond acceptors (Lipinski definition) is 5. The second-order valence-electron chi connectivity index (χ2n) is 8.19. The first-order valence-electron chi connectivity index (χ1n) is 10.7. The molecule has 2 N–H and O–H groups in total. The van der Waals surface area contributed by atoms with Crippen LogP contribution in [0.4, 0.5) is 0 Å². The van der Waals surface area contributed by atoms with Crippen molar-refractivity contribution >= 4 is 17.5 Å². The standard InChI is InChI=1S/C25H23ClN6O/c1-31-24(23(26)13-30-31)18-5-6-22-19(9-18)14-32(25(22)33)21(10-27)8-16-3-2-4-17(7-16)20-11-28-15-29-12-20/h2-7,9,11-13,15,21H,8,10,14,27H2,1H3/t21-/m0/s1. The summed E-state index contributed by atoms with van der Waals surface area (Å²) in [5.74, 6) is 0.00992. The normalized spacial score (nSPS) is 13.9. The van der Waals surface area contributed by atoms with E-state index in [0.717, 1.165) is 33.5 Å². The average molecular weight is 459 g/mol. The number of fused-ring (bicyclic) bond motifs is 1. The molecule has 1 atom stereocenters. The monoisotopic (exact) mass is 458 g/mol. The quantitative estimate of drug-likeness (QED) is 0.475. The highest BCUT2D eigenvalue weighted by Crippen LogP contribution is 2.33. The van der Waals surface area contributed by atoms with Gasteiger partial charge in [0.1, 0.15) is 6.33 Å². The fourth-order valence-electron chi connectivity index (χ4n) is 4.44. The fraction of sp³-hybridized carbons (Fsp3) is 0.200. The highest BCUT2D eigenvalue weighted by Gasteiger charge is 2.32. The highest BCUT2D eigenvalue weighted by molar-refractivity contribution is 6.33. The number of hydrogen-bond donors (Lipinski definition) is 1. The molecule has 1 amide bonds. The van der Waals surface area contributed by atoms with Crippen LogP contribution >= 0.6 is 11.6 Å². The van der Waals surface area contributed by atoms with Crippen molar-refractivity contribution in [2.75, 3.05) is 6.54 Å². The molecule has 3 heterocycles. The van der Waals surface area contributed by atoms with E-state index >= 15 is 0 Å². The molecule has 0 unspecified atom stereocenters. The largest absolute Gasteiger partial charge is 0.330 e. The number of nitrogens with zero attached hydrogens (tertiary/aromatic N) is 5. The third-order valence-electron chi connectivity index (χ3n) is 6.11. The maximum absolute atomic E-state index is 13.2. The molecule has 0 saturated heterocycles. The Kier molecular flexibility index (Phi) is 5.66. The van der Waals surface area contributed by atoms with Crippen LogP contribution in [0.5, 0.6) is 0 Å². The molecular weight excluding hydrogens is 436 g/mol. The van der Waals surface area contributed by atoms with E-state index in [1.165, 1.54) is 6.33 Å². The lowest BCUT2D eigenvalue weighted by Gasteiger charge is -2.27. The zero-order valence-corrected chi connectivity index (χ0v) is 18.9. The lowest BCUT2D eigenvalue weighted by molar-refractivity contribution is 0.0708. The van der Waals surface area contributed by atoms with E-state index < -0.39 is 0 Å². The van der Waals surface area contributed by atoms with E-state index in [0.29, 0.717) is 30.1 Å². The Morgan fingerprint density at radius 1 is 1.06 bits per heavy atom. The number of benzene rings is 2. The number of carbonyl (C=O) groups excluding carboxylic acids is 1. The van der Waals surface area contributed by atoms with Gasteiger partial charge in [0.2, 0.25) is 0 Å². The van der Waals surface area contributed by atoms with Crippen LogP contribution in [0.3, 0.4) is 0 Å². The molecule has 0 spiro atoms. The summed E-state index contributed by atoms with van der Waals surface area (Å²) in [6.45, 7) is 0.893. The molecule has 0 saturated carbocycles. The predicted molar refractivity (Wildman–Crippen MR) is 128 cm³/mol. The molecule has 7 nitrogen and oxygen atoms in total. The Morgan fingerprint density at radius 2 is 1.88 bits per heavy atom. The van der Waals surface area contributed by atoms with Crippen LogP contribution in [0.15, 0.2) is 67.4 Å². The van der Waals surface area contributed by atoms with Gasteiger partial charge in [0.05, 0.1) is 16.9 Å². The van der Waals surface area contributed by atoms with Gasteiger partial charge in [-0.2, -0.15) is 5.10 Å². The number of rotatable bonds is 6. The van der Waals surface area contributed by atoms with E-state index in [4.69, 9.17) is 17.3 Å². The van der Waals surface area contributed by atoms with Gasteiger partial charge in [0, 0.05) is 55.3 Å². The van der Waals surface area contributed by atoms with Gasteiger partial charge in [-0.15, -0.1) is 0 Å². The van der Waals surface area contributed by atoms with E-state index in [9.17, 15) is 4.79 Å². The maximum Gasteiger partial charge on any atom is 0.254 e. The molecule has 8 heteroatoms. The van der Waals surface area contributed by atoms with Crippen LogP contribution in [-0.4, -0.2) is 43.1 Å². The molecule has 2 aromatic heterocycles. The summed E-state index contributed by atoms with van der Waals surface area (Å²) in [4.78, 5) is 23.3. The Hall–Kier alpha value is -3.55. The minimum atomic E-state index is -0.115. The van der Waals surface area contributed by atoms with Crippen molar-refractivity contribution in [3.8, 4) is 22.4 Å². The number of halogens is 1. The first kappa shape index (κ1) is 21.3. The summed E-state index contributed by atoms with van der Waals surface area (Å²) in [6, 6.07) is 13.9. The third-order valence-corrected chi connectivity index (χ3v) is 6.39. The van der Waals surface area contributed by atoms with E-state index in [-0.39, 0.29) is 11.9 Å². The topological polar surface area (TPSA) is 89.9 Å². The number of aromatic nitrogens is 4. The number of aryl methyl sites for hydroxylation is 1. The molecule has 0 aliphatic carbocycles. The summed E-state index contributed by atoms with van der Waals surface area (Å²) in [7, 11) is 1.85. The summed E-state index contributed by atoms with van der Waals surface area (Å²) in [5, 5.41) is 4.80. The summed E-state index contributed by atoms with van der Waals surface area (Å²) in [5.41, 5.74) is 12.7. The second-order valence-corrected chi connectivity index (χ2v) is 8.60.